The molecule has 2 aromatic carbocycles. The van der Waals surface area contributed by atoms with Crippen LogP contribution in [-0.2, 0) is 10.6 Å². The number of halogens is 2. The maximum atomic E-state index is 14.5. The van der Waals surface area contributed by atoms with Crippen LogP contribution in [0.5, 0.6) is 11.5 Å². The Bertz CT molecular complexity index is 913. The third kappa shape index (κ3) is 3.54. The maximum absolute atomic E-state index is 14.5. The average Bonchev–Trinajstić information content (AvgIpc) is 2.98. The summed E-state index contributed by atoms with van der Waals surface area (Å²) < 4.78 is 26.7. The first-order valence-corrected chi connectivity index (χ1v) is 9.64. The fourth-order valence-corrected chi connectivity index (χ4v) is 4.19. The number of carboxylic acids is 1. The van der Waals surface area contributed by atoms with Gasteiger partial charge in [0, 0.05) is 17.5 Å². The molecule has 2 aliphatic heterocycles. The van der Waals surface area contributed by atoms with Crippen LogP contribution in [0.25, 0.3) is 0 Å². The van der Waals surface area contributed by atoms with Gasteiger partial charge in [-0.3, -0.25) is 9.69 Å². The summed E-state index contributed by atoms with van der Waals surface area (Å²) in [5, 5.41) is 9.28. The van der Waals surface area contributed by atoms with E-state index in [1.807, 2.05) is 23.1 Å². The van der Waals surface area contributed by atoms with E-state index in [1.54, 1.807) is 19.1 Å². The zero-order valence-electron chi connectivity index (χ0n) is 15.5. The lowest BCUT2D eigenvalue weighted by atomic mass is 9.88. The Balaban J connectivity index is 1.57. The fourth-order valence-electron chi connectivity index (χ4n) is 4.03. The van der Waals surface area contributed by atoms with E-state index < -0.39 is 17.6 Å². The first-order chi connectivity index (χ1) is 13.4. The number of piperidine rings is 1. The normalized spacial score (nSPS) is 22.4. The van der Waals surface area contributed by atoms with Gasteiger partial charge < -0.3 is 14.6 Å². The van der Waals surface area contributed by atoms with E-state index in [-0.39, 0.29) is 18.0 Å². The van der Waals surface area contributed by atoms with Crippen molar-refractivity contribution in [2.24, 2.45) is 0 Å². The molecule has 2 aliphatic rings. The summed E-state index contributed by atoms with van der Waals surface area (Å²) in [6.07, 6.45) is 1.66. The summed E-state index contributed by atoms with van der Waals surface area (Å²) >= 11 is 5.87. The molecular weight excluding hydrogens is 385 g/mol. The lowest BCUT2D eigenvalue weighted by molar-refractivity contribution is -0.138. The van der Waals surface area contributed by atoms with Crippen molar-refractivity contribution in [1.29, 1.82) is 0 Å². The molecule has 7 heteroatoms. The third-order valence-corrected chi connectivity index (χ3v) is 5.65. The number of para-hydroxylation sites is 1. The first-order valence-electron chi connectivity index (χ1n) is 9.26. The van der Waals surface area contributed by atoms with E-state index in [1.165, 1.54) is 6.07 Å². The molecule has 0 radical (unpaired) electrons. The first kappa shape index (κ1) is 19.0. The van der Waals surface area contributed by atoms with E-state index in [0.717, 1.165) is 18.4 Å². The van der Waals surface area contributed by atoms with Crippen LogP contribution in [0, 0.1) is 5.82 Å². The van der Waals surface area contributed by atoms with Crippen LogP contribution in [0.1, 0.15) is 36.8 Å². The quantitative estimate of drug-likeness (QED) is 0.817. The molecule has 0 amide bonds. The zero-order valence-corrected chi connectivity index (χ0v) is 16.2. The lowest BCUT2D eigenvalue weighted by Gasteiger charge is -2.31. The standard InChI is InChI=1S/C21H21ClFNO4/c1-21(16-6-5-14(22)11-17(16)23)27-18-4-2-3-15(20(18)28-21)13-7-9-24(10-8-13)12-19(25)26/h2-6,11,13H,7-10,12H2,1H3,(H,25,26). The smallest absolute Gasteiger partial charge is 0.317 e. The van der Waals surface area contributed by atoms with Gasteiger partial charge in [-0.15, -0.1) is 0 Å². The molecule has 2 heterocycles. The van der Waals surface area contributed by atoms with Gasteiger partial charge in [-0.1, -0.05) is 23.7 Å². The minimum atomic E-state index is -1.27. The molecule has 2 aromatic rings. The number of carboxylic acid groups (broad SMARTS) is 1. The molecule has 0 aromatic heterocycles. The lowest BCUT2D eigenvalue weighted by Crippen LogP contribution is -2.36. The highest BCUT2D eigenvalue weighted by atomic mass is 35.5. The Morgan fingerprint density at radius 3 is 2.71 bits per heavy atom. The average molecular weight is 406 g/mol. The van der Waals surface area contributed by atoms with Crippen molar-refractivity contribution in [2.45, 2.75) is 31.5 Å². The van der Waals surface area contributed by atoms with Gasteiger partial charge in [0.15, 0.2) is 11.5 Å². The molecule has 1 atom stereocenters. The van der Waals surface area contributed by atoms with Crippen LogP contribution in [0.2, 0.25) is 5.02 Å². The van der Waals surface area contributed by atoms with E-state index >= 15 is 0 Å². The van der Waals surface area contributed by atoms with Gasteiger partial charge in [0.2, 0.25) is 0 Å². The van der Waals surface area contributed by atoms with Crippen LogP contribution in [0.4, 0.5) is 4.39 Å². The molecule has 0 saturated carbocycles. The van der Waals surface area contributed by atoms with E-state index in [9.17, 15) is 9.18 Å². The molecule has 5 nitrogen and oxygen atoms in total. The Morgan fingerprint density at radius 2 is 2.04 bits per heavy atom. The molecule has 4 rings (SSSR count). The highest BCUT2D eigenvalue weighted by molar-refractivity contribution is 6.30. The molecule has 1 saturated heterocycles. The van der Waals surface area contributed by atoms with Crippen LogP contribution in [0.15, 0.2) is 36.4 Å². The predicted molar refractivity (Wildman–Crippen MR) is 103 cm³/mol. The van der Waals surface area contributed by atoms with Crippen LogP contribution < -0.4 is 9.47 Å². The summed E-state index contributed by atoms with van der Waals surface area (Å²) in [5.41, 5.74) is 1.31. The summed E-state index contributed by atoms with van der Waals surface area (Å²) in [4.78, 5) is 12.8. The minimum Gasteiger partial charge on any atom is -0.480 e. The van der Waals surface area contributed by atoms with Crippen LogP contribution in [-0.4, -0.2) is 35.6 Å². The molecule has 1 unspecified atom stereocenters. The Kier molecular flexibility index (Phi) is 4.93. The van der Waals surface area contributed by atoms with Gasteiger partial charge in [0.1, 0.15) is 5.82 Å². The van der Waals surface area contributed by atoms with Crippen molar-refractivity contribution in [3.8, 4) is 11.5 Å². The Morgan fingerprint density at radius 1 is 1.29 bits per heavy atom. The Labute approximate surface area is 167 Å². The molecule has 148 valence electrons. The highest BCUT2D eigenvalue weighted by Crippen LogP contribution is 2.49. The Hall–Kier alpha value is -2.31. The zero-order chi connectivity index (χ0) is 19.9. The maximum Gasteiger partial charge on any atom is 0.317 e. The topological polar surface area (TPSA) is 59.0 Å². The number of benzene rings is 2. The number of rotatable bonds is 4. The van der Waals surface area contributed by atoms with Crippen LogP contribution >= 0.6 is 11.6 Å². The number of carbonyl (C=O) groups is 1. The summed E-state index contributed by atoms with van der Waals surface area (Å²) in [6.45, 7) is 3.18. The second kappa shape index (κ2) is 7.26. The molecular formula is C21H21ClFNO4. The number of hydrogen-bond acceptors (Lipinski definition) is 4. The van der Waals surface area contributed by atoms with Crippen molar-refractivity contribution < 1.29 is 23.8 Å². The van der Waals surface area contributed by atoms with Gasteiger partial charge >= 0.3 is 5.97 Å². The molecule has 0 bridgehead atoms. The summed E-state index contributed by atoms with van der Waals surface area (Å²) in [6, 6.07) is 10.2. The second-order valence-corrected chi connectivity index (χ2v) is 7.83. The third-order valence-electron chi connectivity index (χ3n) is 5.42. The van der Waals surface area contributed by atoms with Crippen LogP contribution in [0.3, 0.4) is 0 Å². The highest BCUT2D eigenvalue weighted by Gasteiger charge is 2.42. The molecule has 0 spiro atoms. The molecule has 1 N–H and O–H groups in total. The van der Waals surface area contributed by atoms with Gasteiger partial charge in [0.25, 0.3) is 5.79 Å². The van der Waals surface area contributed by atoms with Crippen molar-refractivity contribution in [3.05, 3.63) is 58.4 Å². The number of ether oxygens (including phenoxy) is 2. The second-order valence-electron chi connectivity index (χ2n) is 7.39. The molecule has 28 heavy (non-hydrogen) atoms. The van der Waals surface area contributed by atoms with Gasteiger partial charge in [0.05, 0.1) is 12.1 Å². The monoisotopic (exact) mass is 405 g/mol. The number of hydrogen-bond donors (Lipinski definition) is 1. The van der Waals surface area contributed by atoms with E-state index in [2.05, 4.69) is 0 Å². The van der Waals surface area contributed by atoms with Crippen molar-refractivity contribution in [3.63, 3.8) is 0 Å². The number of nitrogens with zero attached hydrogens (tertiary/aromatic N) is 1. The number of fused-ring (bicyclic) bond motifs is 1. The molecule has 0 aliphatic carbocycles. The number of aliphatic carboxylic acids is 1. The predicted octanol–water partition coefficient (Wildman–Crippen LogP) is 4.39. The van der Waals surface area contributed by atoms with Crippen molar-refractivity contribution in [2.75, 3.05) is 19.6 Å². The van der Waals surface area contributed by atoms with E-state index in [4.69, 9.17) is 26.2 Å². The van der Waals surface area contributed by atoms with Gasteiger partial charge in [-0.25, -0.2) is 4.39 Å². The van der Waals surface area contributed by atoms with Crippen molar-refractivity contribution >= 4 is 17.6 Å². The largest absolute Gasteiger partial charge is 0.480 e. The minimum absolute atomic E-state index is 0.0626. The number of likely N-dealkylation sites (tertiary alicyclic amines) is 1. The fraction of sp³-hybridized carbons (Fsp3) is 0.381. The van der Waals surface area contributed by atoms with Gasteiger partial charge in [-0.05, 0) is 56.1 Å². The van der Waals surface area contributed by atoms with E-state index in [0.29, 0.717) is 29.6 Å². The SMILES string of the molecule is CC1(c2ccc(Cl)cc2F)Oc2cccc(C3CCN(CC(=O)O)CC3)c2O1. The molecule has 1 fully saturated rings. The summed E-state index contributed by atoms with van der Waals surface area (Å²) in [7, 11) is 0. The van der Waals surface area contributed by atoms with Crippen molar-refractivity contribution in [1.82, 2.24) is 4.90 Å². The summed E-state index contributed by atoms with van der Waals surface area (Å²) in [5.74, 6) is -1.10. The van der Waals surface area contributed by atoms with Gasteiger partial charge in [-0.2, -0.15) is 0 Å².